The molecule has 22 heavy (non-hydrogen) atoms. The number of aliphatic imine (C=N–C) groups is 1. The van der Waals surface area contributed by atoms with Crippen LogP contribution in [-0.4, -0.2) is 28.0 Å². The van der Waals surface area contributed by atoms with Gasteiger partial charge in [0.1, 0.15) is 12.2 Å². The maximum absolute atomic E-state index is 12.8. The second kappa shape index (κ2) is 7.44. The van der Waals surface area contributed by atoms with E-state index in [9.17, 15) is 4.79 Å². The zero-order valence-corrected chi connectivity index (χ0v) is 14.6. The number of amides is 1. The van der Waals surface area contributed by atoms with Crippen LogP contribution in [0.1, 0.15) is 32.3 Å². The van der Waals surface area contributed by atoms with Crippen molar-refractivity contribution < 1.29 is 9.28 Å². The molecule has 0 N–H and O–H groups in total. The van der Waals surface area contributed by atoms with Gasteiger partial charge in [-0.05, 0) is 25.0 Å². The van der Waals surface area contributed by atoms with Gasteiger partial charge in [0.25, 0.3) is 0 Å². The third kappa shape index (κ3) is 3.45. The van der Waals surface area contributed by atoms with Gasteiger partial charge < -0.3 is 0 Å². The Kier molecular flexibility index (Phi) is 5.84. The van der Waals surface area contributed by atoms with E-state index < -0.39 is 0 Å². The summed E-state index contributed by atoms with van der Waals surface area (Å²) in [6, 6.07) is 7.72. The number of hydrogen-bond donors (Lipinski definition) is 1. The summed E-state index contributed by atoms with van der Waals surface area (Å²) in [5, 5.41) is 0.744. The monoisotopic (exact) mass is 337 g/mol. The van der Waals surface area contributed by atoms with E-state index in [0.717, 1.165) is 17.0 Å². The molecule has 1 aromatic rings. The Bertz CT molecular complexity index is 586. The molecule has 2 rings (SSSR count). The molecule has 0 saturated carbocycles. The lowest BCUT2D eigenvalue weighted by molar-refractivity contribution is -0.729. The van der Waals surface area contributed by atoms with Gasteiger partial charge in [-0.3, -0.25) is 0 Å². The molecule has 0 aromatic heterocycles. The number of quaternary nitrogens is 1. The minimum atomic E-state index is -0.0372. The predicted octanol–water partition coefficient (Wildman–Crippen LogP) is 4.23. The Labute approximate surface area is 142 Å². The Balaban J connectivity index is 2.37. The standard InChI is InChI=1S/C17H21ClN2OS/c1-3-6-17(21)20(10-9-19-12-20)16(13(2)22)11-14-7-4-5-8-15(14)18/h4-5,7-10,12-13,16H,3,6,11H2,1-2H3/p+1. The van der Waals surface area contributed by atoms with Crippen LogP contribution in [0.15, 0.2) is 41.7 Å². The van der Waals surface area contributed by atoms with Crippen molar-refractivity contribution >= 4 is 36.5 Å². The van der Waals surface area contributed by atoms with Crippen molar-refractivity contribution in [1.82, 2.24) is 0 Å². The van der Waals surface area contributed by atoms with Crippen molar-refractivity contribution in [2.45, 2.75) is 44.4 Å². The normalized spacial score (nSPS) is 22.7. The number of carbonyl (C=O) groups is 1. The van der Waals surface area contributed by atoms with Crippen molar-refractivity contribution in [3.8, 4) is 0 Å². The second-order valence-corrected chi connectivity index (χ2v) is 6.87. The quantitative estimate of drug-likeness (QED) is 0.611. The molecular weight excluding hydrogens is 316 g/mol. The average molecular weight is 338 g/mol. The molecule has 1 aliphatic heterocycles. The number of nitrogens with zero attached hydrogens (tertiary/aromatic N) is 2. The highest BCUT2D eigenvalue weighted by atomic mass is 35.5. The van der Waals surface area contributed by atoms with Gasteiger partial charge in [0.05, 0.1) is 17.9 Å². The molecule has 1 aliphatic rings. The number of carbonyl (C=O) groups excluding carboxylic acids is 1. The number of rotatable bonds is 6. The molecular formula is C17H22ClN2OS+. The molecule has 1 aromatic carbocycles. The second-order valence-electron chi connectivity index (χ2n) is 5.64. The van der Waals surface area contributed by atoms with Gasteiger partial charge in [0, 0.05) is 11.4 Å². The van der Waals surface area contributed by atoms with Gasteiger partial charge in [-0.2, -0.15) is 17.1 Å². The van der Waals surface area contributed by atoms with Crippen molar-refractivity contribution in [1.29, 1.82) is 0 Å². The molecule has 0 radical (unpaired) electrons. The van der Waals surface area contributed by atoms with Crippen molar-refractivity contribution in [2.75, 3.05) is 0 Å². The van der Waals surface area contributed by atoms with Crippen LogP contribution in [0, 0.1) is 0 Å². The largest absolute Gasteiger partial charge is 0.324 e. The molecule has 0 bridgehead atoms. The molecule has 0 fully saturated rings. The van der Waals surface area contributed by atoms with Crippen LogP contribution >= 0.6 is 24.2 Å². The fraction of sp³-hybridized carbons (Fsp3) is 0.412. The van der Waals surface area contributed by atoms with E-state index in [2.05, 4.69) is 17.6 Å². The van der Waals surface area contributed by atoms with Crippen LogP contribution in [0.25, 0.3) is 0 Å². The van der Waals surface area contributed by atoms with Gasteiger partial charge in [-0.15, -0.1) is 0 Å². The van der Waals surface area contributed by atoms with Gasteiger partial charge in [0.2, 0.25) is 6.34 Å². The van der Waals surface area contributed by atoms with E-state index in [1.165, 1.54) is 0 Å². The molecule has 3 atom stereocenters. The lowest BCUT2D eigenvalue weighted by Gasteiger charge is -2.35. The highest BCUT2D eigenvalue weighted by Gasteiger charge is 2.45. The summed E-state index contributed by atoms with van der Waals surface area (Å²) in [6.07, 6.45) is 7.31. The molecule has 118 valence electrons. The Morgan fingerprint density at radius 1 is 1.41 bits per heavy atom. The highest BCUT2D eigenvalue weighted by molar-refractivity contribution is 7.81. The fourth-order valence-corrected chi connectivity index (χ4v) is 3.38. The van der Waals surface area contributed by atoms with Crippen LogP contribution < -0.4 is 0 Å². The van der Waals surface area contributed by atoms with E-state index in [-0.39, 0.29) is 21.7 Å². The van der Waals surface area contributed by atoms with Crippen molar-refractivity contribution in [3.05, 3.63) is 47.3 Å². The summed E-state index contributed by atoms with van der Waals surface area (Å²) in [5.74, 6) is 0.151. The molecule has 3 nitrogen and oxygen atoms in total. The molecule has 1 amide bonds. The van der Waals surface area contributed by atoms with E-state index in [1.54, 1.807) is 12.5 Å². The van der Waals surface area contributed by atoms with Crippen LogP contribution in [0.4, 0.5) is 0 Å². The third-order valence-electron chi connectivity index (χ3n) is 4.05. The smallest absolute Gasteiger partial charge is 0.230 e. The van der Waals surface area contributed by atoms with Gasteiger partial charge in [-0.1, -0.05) is 36.7 Å². The van der Waals surface area contributed by atoms with E-state index >= 15 is 0 Å². The first-order valence-corrected chi connectivity index (χ1v) is 8.45. The molecule has 5 heteroatoms. The van der Waals surface area contributed by atoms with Crippen LogP contribution in [0.3, 0.4) is 0 Å². The number of thiol groups is 1. The number of hydrogen-bond acceptors (Lipinski definition) is 3. The molecule has 3 unspecified atom stereocenters. The SMILES string of the molecule is CCCC(=O)[N+]1(C(Cc2ccccc2Cl)C(C)S)C=CN=C1. The fourth-order valence-electron chi connectivity index (χ4n) is 2.84. The van der Waals surface area contributed by atoms with Crippen molar-refractivity contribution in [3.63, 3.8) is 0 Å². The Morgan fingerprint density at radius 2 is 2.14 bits per heavy atom. The Morgan fingerprint density at radius 3 is 2.68 bits per heavy atom. The first-order chi connectivity index (χ1) is 10.5. The van der Waals surface area contributed by atoms with Crippen LogP contribution in [-0.2, 0) is 11.2 Å². The summed E-state index contributed by atoms with van der Waals surface area (Å²) in [6.45, 7) is 4.03. The maximum Gasteiger partial charge on any atom is 0.324 e. The molecule has 1 heterocycles. The Hall–Kier alpha value is -1.10. The van der Waals surface area contributed by atoms with Crippen molar-refractivity contribution in [2.24, 2.45) is 4.99 Å². The predicted molar refractivity (Wildman–Crippen MR) is 95.2 cm³/mol. The van der Waals surface area contributed by atoms with Crippen LogP contribution in [0.2, 0.25) is 5.02 Å². The lowest BCUT2D eigenvalue weighted by Crippen LogP contribution is -2.57. The molecule has 0 spiro atoms. The lowest BCUT2D eigenvalue weighted by atomic mass is 9.99. The third-order valence-corrected chi connectivity index (χ3v) is 4.76. The zero-order valence-electron chi connectivity index (χ0n) is 12.9. The summed E-state index contributed by atoms with van der Waals surface area (Å²) in [5.41, 5.74) is 1.03. The van der Waals surface area contributed by atoms with E-state index in [0.29, 0.717) is 12.8 Å². The summed E-state index contributed by atoms with van der Waals surface area (Å²) in [7, 11) is 0. The first kappa shape index (κ1) is 17.3. The minimum absolute atomic E-state index is 0.0197. The molecule has 0 aliphatic carbocycles. The highest BCUT2D eigenvalue weighted by Crippen LogP contribution is 2.29. The minimum Gasteiger partial charge on any atom is -0.230 e. The first-order valence-electron chi connectivity index (χ1n) is 7.56. The summed E-state index contributed by atoms with van der Waals surface area (Å²) in [4.78, 5) is 16.9. The number of benzene rings is 1. The number of halogens is 1. The van der Waals surface area contributed by atoms with Gasteiger partial charge >= 0.3 is 5.91 Å². The van der Waals surface area contributed by atoms with Crippen LogP contribution in [0.5, 0.6) is 0 Å². The topological polar surface area (TPSA) is 29.4 Å². The maximum atomic E-state index is 12.8. The van der Waals surface area contributed by atoms with E-state index in [1.807, 2.05) is 44.3 Å². The van der Waals surface area contributed by atoms with Gasteiger partial charge in [0.15, 0.2) is 0 Å². The zero-order chi connectivity index (χ0) is 16.2. The van der Waals surface area contributed by atoms with Gasteiger partial charge in [-0.25, -0.2) is 9.79 Å². The summed E-state index contributed by atoms with van der Waals surface area (Å²) < 4.78 is 0.129. The summed E-state index contributed by atoms with van der Waals surface area (Å²) >= 11 is 10.9. The van der Waals surface area contributed by atoms with E-state index in [4.69, 9.17) is 11.6 Å². The average Bonchev–Trinajstić information content (AvgIpc) is 2.97. The molecule has 0 saturated heterocycles.